The minimum absolute atomic E-state index is 0.512. The Kier molecular flexibility index (Phi) is 3.05. The highest BCUT2D eigenvalue weighted by Gasteiger charge is 2.34. The van der Waals surface area contributed by atoms with Gasteiger partial charge in [-0.05, 0) is 25.0 Å². The van der Waals surface area contributed by atoms with E-state index >= 15 is 0 Å². The Balaban J connectivity index is 2.27. The number of carbonyl (C=O) groups excluding carboxylic acids is 1. The molecule has 2 atom stereocenters. The van der Waals surface area contributed by atoms with E-state index in [1.54, 1.807) is 17.0 Å². The minimum atomic E-state index is -0.711. The van der Waals surface area contributed by atoms with Gasteiger partial charge in [0.1, 0.15) is 11.9 Å². The van der Waals surface area contributed by atoms with Crippen molar-refractivity contribution in [3.8, 4) is 0 Å². The van der Waals surface area contributed by atoms with Gasteiger partial charge in [0, 0.05) is 18.8 Å². The third-order valence-electron chi connectivity index (χ3n) is 2.78. The van der Waals surface area contributed by atoms with Crippen LogP contribution in [0.4, 0.5) is 5.82 Å². The molecule has 2 rings (SSSR count). The summed E-state index contributed by atoms with van der Waals surface area (Å²) in [5.74, 6) is 0.142. The van der Waals surface area contributed by atoms with Gasteiger partial charge >= 0.3 is 0 Å². The first-order chi connectivity index (χ1) is 7.70. The fraction of sp³-hybridized carbons (Fsp3) is 0.455. The third-order valence-corrected chi connectivity index (χ3v) is 2.78. The SMILES string of the molecule is NC(=O)C1C(O)CCCN1c1cc[c]cn1. The molecular formula is C11H14N3O2. The highest BCUT2D eigenvalue weighted by molar-refractivity contribution is 5.84. The van der Waals surface area contributed by atoms with Crippen molar-refractivity contribution in [2.45, 2.75) is 25.0 Å². The average Bonchev–Trinajstić information content (AvgIpc) is 2.29. The molecule has 5 nitrogen and oxygen atoms in total. The molecule has 0 saturated carbocycles. The molecule has 1 fully saturated rings. The molecule has 1 aliphatic rings. The number of aliphatic hydroxyl groups excluding tert-OH is 1. The topological polar surface area (TPSA) is 79.5 Å². The fourth-order valence-electron chi connectivity index (χ4n) is 2.06. The van der Waals surface area contributed by atoms with E-state index in [1.165, 1.54) is 6.20 Å². The predicted molar refractivity (Wildman–Crippen MR) is 58.6 cm³/mol. The first-order valence-corrected chi connectivity index (χ1v) is 5.26. The minimum Gasteiger partial charge on any atom is -0.390 e. The first kappa shape index (κ1) is 10.9. The van der Waals surface area contributed by atoms with Gasteiger partial charge in [-0.3, -0.25) is 4.79 Å². The van der Waals surface area contributed by atoms with E-state index in [0.717, 1.165) is 6.42 Å². The zero-order valence-electron chi connectivity index (χ0n) is 8.84. The summed E-state index contributed by atoms with van der Waals surface area (Å²) < 4.78 is 0. The van der Waals surface area contributed by atoms with Crippen LogP contribution < -0.4 is 10.6 Å². The van der Waals surface area contributed by atoms with Crippen LogP contribution in [0.15, 0.2) is 18.3 Å². The summed E-state index contributed by atoms with van der Waals surface area (Å²) in [5.41, 5.74) is 5.31. The number of aliphatic hydroxyl groups is 1. The molecule has 16 heavy (non-hydrogen) atoms. The summed E-state index contributed by atoms with van der Waals surface area (Å²) in [6.07, 6.45) is 2.25. The van der Waals surface area contributed by atoms with Crippen molar-refractivity contribution in [1.29, 1.82) is 0 Å². The lowest BCUT2D eigenvalue weighted by Gasteiger charge is -2.37. The number of nitrogens with zero attached hydrogens (tertiary/aromatic N) is 2. The van der Waals surface area contributed by atoms with Crippen LogP contribution in [0.3, 0.4) is 0 Å². The van der Waals surface area contributed by atoms with Crippen LogP contribution in [0, 0.1) is 6.07 Å². The molecule has 0 aromatic carbocycles. The summed E-state index contributed by atoms with van der Waals surface area (Å²) in [7, 11) is 0. The van der Waals surface area contributed by atoms with E-state index in [-0.39, 0.29) is 0 Å². The molecule has 0 spiro atoms. The number of primary amides is 1. The molecule has 1 aliphatic heterocycles. The highest BCUT2D eigenvalue weighted by atomic mass is 16.3. The molecule has 1 saturated heterocycles. The van der Waals surface area contributed by atoms with E-state index in [1.807, 2.05) is 0 Å². The second kappa shape index (κ2) is 4.49. The summed E-state index contributed by atoms with van der Waals surface area (Å²) in [5, 5.41) is 9.79. The van der Waals surface area contributed by atoms with Gasteiger partial charge in [0.2, 0.25) is 5.91 Å². The van der Waals surface area contributed by atoms with Crippen molar-refractivity contribution >= 4 is 11.7 Å². The molecular weight excluding hydrogens is 206 g/mol. The normalized spacial score (nSPS) is 25.4. The van der Waals surface area contributed by atoms with Gasteiger partial charge in [0.05, 0.1) is 6.10 Å². The molecule has 1 aromatic heterocycles. The molecule has 1 aromatic rings. The summed E-state index contributed by atoms with van der Waals surface area (Å²) in [6.45, 7) is 0.682. The zero-order chi connectivity index (χ0) is 11.5. The Bertz CT molecular complexity index is 369. The van der Waals surface area contributed by atoms with E-state index in [4.69, 9.17) is 5.73 Å². The second-order valence-electron chi connectivity index (χ2n) is 3.87. The molecule has 1 radical (unpaired) electrons. The number of hydrogen-bond donors (Lipinski definition) is 2. The molecule has 0 aliphatic carbocycles. The number of pyridine rings is 1. The molecule has 85 valence electrons. The molecule has 5 heteroatoms. The second-order valence-corrected chi connectivity index (χ2v) is 3.87. The van der Waals surface area contributed by atoms with Crippen LogP contribution in [0.2, 0.25) is 0 Å². The van der Waals surface area contributed by atoms with Crippen molar-refractivity contribution in [2.24, 2.45) is 5.73 Å². The highest BCUT2D eigenvalue weighted by Crippen LogP contribution is 2.22. The van der Waals surface area contributed by atoms with Crippen LogP contribution in [0.5, 0.6) is 0 Å². The molecule has 2 heterocycles. The predicted octanol–water partition coefficient (Wildman–Crippen LogP) is -0.303. The Hall–Kier alpha value is -1.62. The van der Waals surface area contributed by atoms with E-state index < -0.39 is 18.1 Å². The van der Waals surface area contributed by atoms with Gasteiger partial charge in [-0.15, -0.1) is 0 Å². The molecule has 0 bridgehead atoms. The fourth-order valence-corrected chi connectivity index (χ4v) is 2.06. The Morgan fingerprint density at radius 2 is 2.50 bits per heavy atom. The maximum absolute atomic E-state index is 11.3. The van der Waals surface area contributed by atoms with Crippen molar-refractivity contribution in [2.75, 3.05) is 11.4 Å². The Morgan fingerprint density at radius 1 is 1.69 bits per heavy atom. The van der Waals surface area contributed by atoms with Crippen molar-refractivity contribution in [1.82, 2.24) is 4.98 Å². The number of hydrogen-bond acceptors (Lipinski definition) is 4. The van der Waals surface area contributed by atoms with Gasteiger partial charge in [-0.25, -0.2) is 4.98 Å². The van der Waals surface area contributed by atoms with Crippen LogP contribution >= 0.6 is 0 Å². The van der Waals surface area contributed by atoms with Gasteiger partial charge in [-0.1, -0.05) is 0 Å². The van der Waals surface area contributed by atoms with Gasteiger partial charge in [0.25, 0.3) is 0 Å². The number of amides is 1. The van der Waals surface area contributed by atoms with E-state index in [9.17, 15) is 9.90 Å². The van der Waals surface area contributed by atoms with Gasteiger partial charge in [0.15, 0.2) is 0 Å². The lowest BCUT2D eigenvalue weighted by Crippen LogP contribution is -2.55. The van der Waals surface area contributed by atoms with Gasteiger partial charge < -0.3 is 15.7 Å². The van der Waals surface area contributed by atoms with Crippen LogP contribution in [-0.2, 0) is 4.79 Å². The largest absolute Gasteiger partial charge is 0.390 e. The van der Waals surface area contributed by atoms with Crippen LogP contribution in [0.25, 0.3) is 0 Å². The Labute approximate surface area is 93.9 Å². The lowest BCUT2D eigenvalue weighted by atomic mass is 9.98. The molecule has 2 unspecified atom stereocenters. The van der Waals surface area contributed by atoms with E-state index in [2.05, 4.69) is 11.1 Å². The number of nitrogens with two attached hydrogens (primary N) is 1. The Morgan fingerprint density at radius 3 is 3.12 bits per heavy atom. The maximum atomic E-state index is 11.3. The number of rotatable bonds is 2. The number of anilines is 1. The maximum Gasteiger partial charge on any atom is 0.242 e. The lowest BCUT2D eigenvalue weighted by molar-refractivity contribution is -0.122. The zero-order valence-corrected chi connectivity index (χ0v) is 8.84. The molecule has 3 N–H and O–H groups in total. The summed E-state index contributed by atoms with van der Waals surface area (Å²) in [6, 6.07) is 5.62. The van der Waals surface area contributed by atoms with Crippen LogP contribution in [-0.4, -0.2) is 34.7 Å². The monoisotopic (exact) mass is 220 g/mol. The first-order valence-electron chi connectivity index (χ1n) is 5.26. The van der Waals surface area contributed by atoms with Crippen molar-refractivity contribution in [3.63, 3.8) is 0 Å². The molecule has 1 amide bonds. The van der Waals surface area contributed by atoms with Crippen molar-refractivity contribution in [3.05, 3.63) is 24.4 Å². The van der Waals surface area contributed by atoms with E-state index in [0.29, 0.717) is 18.8 Å². The van der Waals surface area contributed by atoms with Crippen LogP contribution in [0.1, 0.15) is 12.8 Å². The number of piperidine rings is 1. The third kappa shape index (κ3) is 1.99. The number of carbonyl (C=O) groups is 1. The van der Waals surface area contributed by atoms with Crippen molar-refractivity contribution < 1.29 is 9.90 Å². The van der Waals surface area contributed by atoms with Gasteiger partial charge in [-0.2, -0.15) is 0 Å². The summed E-state index contributed by atoms with van der Waals surface area (Å²) >= 11 is 0. The smallest absolute Gasteiger partial charge is 0.242 e. The number of aromatic nitrogens is 1. The standard InChI is InChI=1S/C11H14N3O2/c12-11(16)10-8(15)4-3-7-14(10)9-5-1-2-6-13-9/h1,5-6,8,10,15H,3-4,7H2,(H2,12,16). The quantitative estimate of drug-likeness (QED) is 0.717. The average molecular weight is 220 g/mol. The summed E-state index contributed by atoms with van der Waals surface area (Å²) in [4.78, 5) is 17.2.